The van der Waals surface area contributed by atoms with E-state index in [1.165, 1.54) is 4.57 Å². The summed E-state index contributed by atoms with van der Waals surface area (Å²) in [7, 11) is 1.73. The molecule has 5 aromatic rings. The molecule has 1 atom stereocenters. The van der Waals surface area contributed by atoms with Crippen LogP contribution in [0.15, 0.2) is 53.6 Å². The predicted molar refractivity (Wildman–Crippen MR) is 218 cm³/mol. The van der Waals surface area contributed by atoms with E-state index in [-0.39, 0.29) is 35.8 Å². The van der Waals surface area contributed by atoms with E-state index in [0.717, 1.165) is 129 Å². The largest absolute Gasteiger partial charge is 0.488 e. The molecule has 0 spiro atoms. The number of imidazole rings is 1. The summed E-state index contributed by atoms with van der Waals surface area (Å²) in [4.78, 5) is 51.3. The van der Waals surface area contributed by atoms with Crippen LogP contribution >= 0.6 is 0 Å². The Labute approximate surface area is 336 Å². The summed E-state index contributed by atoms with van der Waals surface area (Å²) in [5.41, 5.74) is 4.80. The molecule has 3 aliphatic heterocycles. The van der Waals surface area contributed by atoms with E-state index in [0.29, 0.717) is 24.0 Å². The summed E-state index contributed by atoms with van der Waals surface area (Å²) in [5, 5.41) is 11.1. The summed E-state index contributed by atoms with van der Waals surface area (Å²) in [5.74, 6) is 1.60. The smallest absolute Gasteiger partial charge is 0.329 e. The summed E-state index contributed by atoms with van der Waals surface area (Å²) in [6.45, 7) is 6.45. The summed E-state index contributed by atoms with van der Waals surface area (Å²) in [6.07, 6.45) is 11.1. The summed E-state index contributed by atoms with van der Waals surface area (Å²) >= 11 is 0. The molecule has 5 fully saturated rings. The van der Waals surface area contributed by atoms with Gasteiger partial charge in [0.15, 0.2) is 0 Å². The Morgan fingerprint density at radius 2 is 1.62 bits per heavy atom. The number of nitrogens with one attached hydrogen (secondary N) is 2. The lowest BCUT2D eigenvalue weighted by Crippen LogP contribution is -2.44. The van der Waals surface area contributed by atoms with Gasteiger partial charge in [0.05, 0.1) is 40.6 Å². The molecule has 1 unspecified atom stereocenters. The van der Waals surface area contributed by atoms with Crippen molar-refractivity contribution in [2.75, 3.05) is 42.6 Å². The molecule has 2 amide bonds. The van der Waals surface area contributed by atoms with Crippen molar-refractivity contribution in [3.8, 4) is 17.1 Å². The maximum atomic E-state index is 13.2. The quantitative estimate of drug-likeness (QED) is 0.173. The Morgan fingerprint density at radius 3 is 2.40 bits per heavy atom. The maximum Gasteiger partial charge on any atom is 0.329 e. The van der Waals surface area contributed by atoms with Crippen molar-refractivity contribution in [1.29, 1.82) is 0 Å². The molecule has 2 aliphatic carbocycles. The highest BCUT2D eigenvalue weighted by Gasteiger charge is 2.40. The van der Waals surface area contributed by atoms with E-state index in [1.807, 2.05) is 36.4 Å². The number of carbonyl (C=O) groups is 2. The fourth-order valence-electron chi connectivity index (χ4n) is 9.21. The summed E-state index contributed by atoms with van der Waals surface area (Å²) < 4.78 is 22.3. The van der Waals surface area contributed by atoms with E-state index in [4.69, 9.17) is 14.2 Å². The maximum absolute atomic E-state index is 13.2. The van der Waals surface area contributed by atoms with Crippen LogP contribution in [0.4, 0.5) is 11.5 Å². The highest BCUT2D eigenvalue weighted by Crippen LogP contribution is 2.41. The summed E-state index contributed by atoms with van der Waals surface area (Å²) in [6, 6.07) is 13.4. The Kier molecular flexibility index (Phi) is 9.47. The molecule has 15 heteroatoms. The van der Waals surface area contributed by atoms with Gasteiger partial charge >= 0.3 is 5.69 Å². The van der Waals surface area contributed by atoms with Crippen LogP contribution in [0.25, 0.3) is 33.3 Å². The highest BCUT2D eigenvalue weighted by molar-refractivity contribution is 6.00. The number of fused-ring (bicyclic) bond motifs is 2. The number of ether oxygens (including phenoxy) is 3. The Bertz CT molecular complexity index is 2410. The first-order chi connectivity index (χ1) is 28.2. The molecule has 3 aromatic heterocycles. The van der Waals surface area contributed by atoms with Crippen LogP contribution in [0.1, 0.15) is 77.2 Å². The molecular formula is C43H51N9O6. The topological polar surface area (TPSA) is 162 Å². The minimum atomic E-state index is -0.684. The Hall–Kier alpha value is -5.28. The molecule has 2 N–H and O–H groups in total. The third-order valence-electron chi connectivity index (χ3n) is 13.1. The van der Waals surface area contributed by atoms with Crippen LogP contribution in [0.5, 0.6) is 5.75 Å². The van der Waals surface area contributed by atoms with Gasteiger partial charge in [0.25, 0.3) is 0 Å². The average Bonchev–Trinajstić information content (AvgIpc) is 3.70. The number of piperidine rings is 3. The monoisotopic (exact) mass is 789 g/mol. The van der Waals surface area contributed by atoms with Crippen LogP contribution in [0, 0.1) is 5.92 Å². The molecule has 10 rings (SSSR count). The van der Waals surface area contributed by atoms with Gasteiger partial charge in [-0.3, -0.25) is 29.1 Å². The predicted octanol–water partition coefficient (Wildman–Crippen LogP) is 5.03. The van der Waals surface area contributed by atoms with Gasteiger partial charge in [-0.2, -0.15) is 5.10 Å². The third-order valence-corrected chi connectivity index (χ3v) is 13.1. The lowest BCUT2D eigenvalue weighted by Gasteiger charge is -2.41. The van der Waals surface area contributed by atoms with Gasteiger partial charge in [-0.15, -0.1) is 0 Å². The Morgan fingerprint density at radius 1 is 0.845 bits per heavy atom. The number of aromatic amines is 1. The molecule has 15 nitrogen and oxygen atoms in total. The molecule has 2 aromatic carbocycles. The van der Waals surface area contributed by atoms with Gasteiger partial charge in [-0.05, 0) is 107 Å². The molecule has 6 heterocycles. The van der Waals surface area contributed by atoms with Crippen LogP contribution in [-0.2, 0) is 26.1 Å². The number of hydrogen-bond donors (Lipinski definition) is 2. The number of aromatic nitrogens is 6. The minimum absolute atomic E-state index is 0.0458. The zero-order chi connectivity index (χ0) is 39.5. The second-order valence-electron chi connectivity index (χ2n) is 17.2. The first-order valence-electron chi connectivity index (χ1n) is 21.0. The van der Waals surface area contributed by atoms with Crippen molar-refractivity contribution in [2.45, 2.75) is 101 Å². The second-order valence-corrected chi connectivity index (χ2v) is 17.2. The van der Waals surface area contributed by atoms with Crippen molar-refractivity contribution in [3.63, 3.8) is 0 Å². The zero-order valence-corrected chi connectivity index (χ0v) is 33.2. The van der Waals surface area contributed by atoms with Crippen molar-refractivity contribution in [3.05, 3.63) is 59.3 Å². The lowest BCUT2D eigenvalue weighted by atomic mass is 9.82. The first-order valence-corrected chi connectivity index (χ1v) is 21.0. The van der Waals surface area contributed by atoms with Crippen molar-refractivity contribution >= 4 is 45.3 Å². The molecule has 58 heavy (non-hydrogen) atoms. The lowest BCUT2D eigenvalue weighted by molar-refractivity contribution is -0.135. The minimum Gasteiger partial charge on any atom is -0.488 e. The number of aryl methyl sites for hydroxylation is 1. The van der Waals surface area contributed by atoms with Crippen molar-refractivity contribution < 1.29 is 23.8 Å². The number of hydrogen-bond acceptors (Lipinski definition) is 11. The van der Waals surface area contributed by atoms with Gasteiger partial charge < -0.3 is 24.0 Å². The molecule has 0 radical (unpaired) electrons. The molecule has 2 saturated carbocycles. The van der Waals surface area contributed by atoms with Gasteiger partial charge in [-0.25, -0.2) is 14.8 Å². The van der Waals surface area contributed by atoms with Gasteiger partial charge in [0.1, 0.15) is 35.2 Å². The molecule has 304 valence electrons. The number of benzene rings is 2. The van der Waals surface area contributed by atoms with E-state index in [9.17, 15) is 14.4 Å². The fourth-order valence-corrected chi connectivity index (χ4v) is 9.21. The van der Waals surface area contributed by atoms with Gasteiger partial charge in [0.2, 0.25) is 11.8 Å². The number of amides is 2. The van der Waals surface area contributed by atoms with E-state index >= 15 is 0 Å². The van der Waals surface area contributed by atoms with Crippen LogP contribution in [-0.4, -0.2) is 97.8 Å². The molecule has 3 saturated heterocycles. The van der Waals surface area contributed by atoms with Gasteiger partial charge in [-0.1, -0.05) is 0 Å². The average molecular weight is 790 g/mol. The first kappa shape index (κ1) is 37.0. The number of rotatable bonds is 11. The third kappa shape index (κ3) is 7.23. The molecular weight excluding hydrogens is 739 g/mol. The number of carbonyl (C=O) groups excluding carboxylic acids is 2. The number of anilines is 2. The molecule has 0 bridgehead atoms. The van der Waals surface area contributed by atoms with Gasteiger partial charge in [0, 0.05) is 63.4 Å². The fraction of sp³-hybridized carbons (Fsp3) is 0.535. The van der Waals surface area contributed by atoms with E-state index in [1.54, 1.807) is 17.9 Å². The standard InChI is InChI=1S/C43H51N9O6/c1-43(13-14-43)58-30-4-5-33-32(22-30)40(48-47-33)34-23-38(45-25-44-34)51-17-11-29(12-18-51)57-31-19-26(20-31)24-56-28-9-15-50(16-10-28)27-3-6-35-37(21-27)49(2)42(55)52(35)36-7-8-39(53)46-41(36)54/h3-6,21-23,25-26,28-29,31,36H,7-20,24H2,1-2H3,(H,47,48)(H,46,53,54). The zero-order valence-electron chi connectivity index (χ0n) is 33.2. The highest BCUT2D eigenvalue weighted by atomic mass is 16.5. The Balaban J connectivity index is 0.663. The SMILES string of the molecule is Cn1c(=O)n(C2CCC(=O)NC2=O)c2ccc(N3CCC(OCC4CC(OC5CCN(c6cc(-c7n[nH]c8ccc(OC9(C)CC9)cc78)ncn6)CC5)C4)CC3)cc21. The molecule has 5 aliphatic rings. The van der Waals surface area contributed by atoms with E-state index < -0.39 is 11.9 Å². The van der Waals surface area contributed by atoms with E-state index in [2.05, 4.69) is 48.3 Å². The van der Waals surface area contributed by atoms with Crippen molar-refractivity contribution in [1.82, 2.24) is 34.6 Å². The van der Waals surface area contributed by atoms with Crippen LogP contribution in [0.2, 0.25) is 0 Å². The van der Waals surface area contributed by atoms with Crippen LogP contribution < -0.4 is 25.5 Å². The second kappa shape index (κ2) is 14.8. The number of H-pyrrole nitrogens is 1. The number of imide groups is 1. The number of nitrogens with zero attached hydrogens (tertiary/aromatic N) is 7. The van der Waals surface area contributed by atoms with Crippen LogP contribution in [0.3, 0.4) is 0 Å². The van der Waals surface area contributed by atoms with Crippen molar-refractivity contribution in [2.24, 2.45) is 13.0 Å². The normalized spacial score (nSPS) is 24.0.